The summed E-state index contributed by atoms with van der Waals surface area (Å²) in [6, 6.07) is 22.8. The number of aromatic nitrogens is 1. The Bertz CT molecular complexity index is 1380. The van der Waals surface area contributed by atoms with Crippen LogP contribution in [0.1, 0.15) is 22.7 Å². The average Bonchev–Trinajstić information content (AvgIpc) is 2.93. The molecule has 3 aromatic carbocycles. The molecule has 0 radical (unpaired) electrons. The molecule has 1 aliphatic heterocycles. The molecule has 1 aromatic heterocycles. The number of carbonyl (C=O) groups excluding carboxylic acids is 1. The van der Waals surface area contributed by atoms with E-state index in [0.29, 0.717) is 6.54 Å². The van der Waals surface area contributed by atoms with Gasteiger partial charge in [-0.2, -0.15) is 0 Å². The van der Waals surface area contributed by atoms with Crippen LogP contribution in [-0.2, 0) is 12.8 Å². The molecule has 0 aliphatic carbocycles. The highest BCUT2D eigenvalue weighted by atomic mass is 16.5. The van der Waals surface area contributed by atoms with Crippen LogP contribution in [0.4, 0.5) is 10.5 Å². The van der Waals surface area contributed by atoms with Crippen molar-refractivity contribution in [1.82, 2.24) is 15.2 Å². The van der Waals surface area contributed by atoms with Gasteiger partial charge in [0.2, 0.25) is 0 Å². The minimum atomic E-state index is -0.221. The largest absolute Gasteiger partial charge is 0.493 e. The Morgan fingerprint density at radius 3 is 2.51 bits per heavy atom. The van der Waals surface area contributed by atoms with Gasteiger partial charge in [-0.15, -0.1) is 0 Å². The number of hydrogen-bond donors (Lipinski definition) is 2. The van der Waals surface area contributed by atoms with Crippen LogP contribution in [0.3, 0.4) is 0 Å². The molecular formula is C30H32N4O3. The number of fused-ring (bicyclic) bond motifs is 2. The molecule has 0 saturated carbocycles. The van der Waals surface area contributed by atoms with E-state index in [1.54, 1.807) is 38.7 Å². The first-order valence-corrected chi connectivity index (χ1v) is 12.6. The van der Waals surface area contributed by atoms with Crippen LogP contribution < -0.4 is 20.1 Å². The van der Waals surface area contributed by atoms with Crippen LogP contribution in [0, 0.1) is 0 Å². The Morgan fingerprint density at radius 2 is 1.73 bits per heavy atom. The van der Waals surface area contributed by atoms with Gasteiger partial charge in [-0.3, -0.25) is 9.88 Å². The van der Waals surface area contributed by atoms with E-state index in [-0.39, 0.29) is 12.1 Å². The van der Waals surface area contributed by atoms with Crippen molar-refractivity contribution in [2.45, 2.75) is 18.9 Å². The highest BCUT2D eigenvalue weighted by molar-refractivity contribution is 5.89. The number of anilines is 1. The van der Waals surface area contributed by atoms with Crippen molar-refractivity contribution >= 4 is 22.5 Å². The number of hydrogen-bond acceptors (Lipinski definition) is 5. The third-order valence-electron chi connectivity index (χ3n) is 6.98. The second-order valence-electron chi connectivity index (χ2n) is 9.21. The summed E-state index contributed by atoms with van der Waals surface area (Å²) in [6.07, 6.45) is 5.08. The van der Waals surface area contributed by atoms with E-state index < -0.39 is 0 Å². The highest BCUT2D eigenvalue weighted by Gasteiger charge is 2.29. The van der Waals surface area contributed by atoms with E-state index in [4.69, 9.17) is 9.47 Å². The van der Waals surface area contributed by atoms with Crippen molar-refractivity contribution < 1.29 is 14.3 Å². The number of urea groups is 1. The first-order chi connectivity index (χ1) is 18.1. The third-order valence-corrected chi connectivity index (χ3v) is 6.98. The first-order valence-electron chi connectivity index (χ1n) is 12.6. The monoisotopic (exact) mass is 496 g/mol. The molecule has 0 saturated heterocycles. The van der Waals surface area contributed by atoms with Gasteiger partial charge >= 0.3 is 6.03 Å². The maximum absolute atomic E-state index is 12.4. The number of nitrogens with one attached hydrogen (secondary N) is 2. The topological polar surface area (TPSA) is 75.7 Å². The van der Waals surface area contributed by atoms with E-state index >= 15 is 0 Å². The number of carbonyl (C=O) groups is 1. The van der Waals surface area contributed by atoms with Crippen LogP contribution in [0.2, 0.25) is 0 Å². The van der Waals surface area contributed by atoms with E-state index in [1.165, 1.54) is 27.5 Å². The smallest absolute Gasteiger partial charge is 0.319 e. The molecule has 2 N–H and O–H groups in total. The maximum atomic E-state index is 12.4. The van der Waals surface area contributed by atoms with Crippen molar-refractivity contribution in [2.24, 2.45) is 0 Å². The number of methoxy groups -OCH3 is 2. The lowest BCUT2D eigenvalue weighted by Crippen LogP contribution is -2.42. The van der Waals surface area contributed by atoms with Crippen molar-refractivity contribution in [3.05, 3.63) is 95.8 Å². The minimum absolute atomic E-state index is 0.148. The van der Waals surface area contributed by atoms with E-state index in [9.17, 15) is 4.79 Å². The highest BCUT2D eigenvalue weighted by Crippen LogP contribution is 2.39. The summed E-state index contributed by atoms with van der Waals surface area (Å²) < 4.78 is 11.2. The molecule has 0 spiro atoms. The van der Waals surface area contributed by atoms with Crippen molar-refractivity contribution in [2.75, 3.05) is 39.2 Å². The van der Waals surface area contributed by atoms with Gasteiger partial charge in [0.1, 0.15) is 0 Å². The summed E-state index contributed by atoms with van der Waals surface area (Å²) in [5, 5.41) is 8.33. The maximum Gasteiger partial charge on any atom is 0.319 e. The second kappa shape index (κ2) is 11.3. The van der Waals surface area contributed by atoms with Gasteiger partial charge in [0.05, 0.1) is 14.2 Å². The van der Waals surface area contributed by atoms with Crippen molar-refractivity contribution in [1.29, 1.82) is 0 Å². The minimum Gasteiger partial charge on any atom is -0.493 e. The number of benzene rings is 3. The fourth-order valence-corrected chi connectivity index (χ4v) is 5.10. The lowest BCUT2D eigenvalue weighted by molar-refractivity contribution is 0.183. The number of amides is 2. The molecule has 0 fully saturated rings. The normalized spacial score (nSPS) is 15.1. The average molecular weight is 497 g/mol. The zero-order chi connectivity index (χ0) is 25.6. The van der Waals surface area contributed by atoms with Gasteiger partial charge in [0.15, 0.2) is 11.5 Å². The lowest BCUT2D eigenvalue weighted by atomic mass is 9.87. The van der Waals surface area contributed by atoms with Crippen LogP contribution in [0.5, 0.6) is 11.5 Å². The summed E-state index contributed by atoms with van der Waals surface area (Å²) in [4.78, 5) is 18.8. The summed E-state index contributed by atoms with van der Waals surface area (Å²) in [6.45, 7) is 2.16. The second-order valence-corrected chi connectivity index (χ2v) is 9.21. The van der Waals surface area contributed by atoms with E-state index in [2.05, 4.69) is 75.1 Å². The van der Waals surface area contributed by atoms with Gasteiger partial charge in [0, 0.05) is 43.8 Å². The van der Waals surface area contributed by atoms with Crippen molar-refractivity contribution in [3.63, 3.8) is 0 Å². The van der Waals surface area contributed by atoms with Gasteiger partial charge in [-0.25, -0.2) is 4.79 Å². The summed E-state index contributed by atoms with van der Waals surface area (Å²) >= 11 is 0. The van der Waals surface area contributed by atoms with Gasteiger partial charge in [0.25, 0.3) is 0 Å². The molecule has 7 nitrogen and oxygen atoms in total. The van der Waals surface area contributed by atoms with Gasteiger partial charge in [-0.1, -0.05) is 42.5 Å². The van der Waals surface area contributed by atoms with Crippen LogP contribution in [0.25, 0.3) is 10.8 Å². The predicted octanol–water partition coefficient (Wildman–Crippen LogP) is 5.22. The molecule has 37 heavy (non-hydrogen) atoms. The molecule has 2 amide bonds. The molecule has 0 bridgehead atoms. The van der Waals surface area contributed by atoms with E-state index in [0.717, 1.165) is 43.1 Å². The molecule has 1 aliphatic rings. The van der Waals surface area contributed by atoms with Crippen LogP contribution >= 0.6 is 0 Å². The SMILES string of the molecule is COc1cc2c(cc1OC)C(Cc1ccc3ccccc3c1)N(CCNC(=O)Nc1ccncc1)CC2. The lowest BCUT2D eigenvalue weighted by Gasteiger charge is -2.38. The predicted molar refractivity (Wildman–Crippen MR) is 146 cm³/mol. The molecular weight excluding hydrogens is 464 g/mol. The molecule has 1 unspecified atom stereocenters. The third kappa shape index (κ3) is 5.67. The van der Waals surface area contributed by atoms with Gasteiger partial charge < -0.3 is 20.1 Å². The molecule has 4 aromatic rings. The quantitative estimate of drug-likeness (QED) is 0.350. The first kappa shape index (κ1) is 24.6. The fourth-order valence-electron chi connectivity index (χ4n) is 5.10. The number of pyridine rings is 1. The van der Waals surface area contributed by atoms with Crippen LogP contribution in [0.15, 0.2) is 79.1 Å². The Hall–Kier alpha value is -4.10. The fraction of sp³-hybridized carbons (Fsp3) is 0.267. The zero-order valence-corrected chi connectivity index (χ0v) is 21.2. The number of ether oxygens (including phenoxy) is 2. The Morgan fingerprint density at radius 1 is 0.973 bits per heavy atom. The van der Waals surface area contributed by atoms with E-state index in [1.807, 2.05) is 0 Å². The molecule has 7 heteroatoms. The summed E-state index contributed by atoms with van der Waals surface area (Å²) in [5.41, 5.74) is 4.52. The Labute approximate surface area is 217 Å². The van der Waals surface area contributed by atoms with Crippen LogP contribution in [-0.4, -0.2) is 49.8 Å². The van der Waals surface area contributed by atoms with Gasteiger partial charge in [-0.05, 0) is 64.6 Å². The molecule has 2 heterocycles. The van der Waals surface area contributed by atoms with Crippen molar-refractivity contribution in [3.8, 4) is 11.5 Å². The molecule has 190 valence electrons. The summed E-state index contributed by atoms with van der Waals surface area (Å²) in [7, 11) is 3.35. The Balaban J connectivity index is 1.36. The standard InChI is InChI=1S/C30H32N4O3/c1-36-28-19-24-11-15-34(16-14-32-30(35)33-25-9-12-31-13-10-25)27(26(24)20-29(28)37-2)18-21-7-8-22-5-3-4-6-23(22)17-21/h3-10,12-13,17,19-20,27H,11,14-16,18H2,1-2H3,(H2,31,32,33,35). The molecule has 5 rings (SSSR count). The Kier molecular flexibility index (Phi) is 7.51. The zero-order valence-electron chi connectivity index (χ0n) is 21.2. The number of rotatable bonds is 8. The number of nitrogens with zero attached hydrogens (tertiary/aromatic N) is 2. The summed E-state index contributed by atoms with van der Waals surface area (Å²) in [5.74, 6) is 1.50. The molecule has 1 atom stereocenters.